The maximum atomic E-state index is 13.1. The van der Waals surface area contributed by atoms with Crippen LogP contribution in [0, 0.1) is 5.82 Å². The Kier molecular flexibility index (Phi) is 5.46. The third kappa shape index (κ3) is 4.98. The molecule has 1 atom stereocenters. The molecular weight excluding hydrogens is 345 g/mol. The van der Waals surface area contributed by atoms with E-state index in [1.165, 1.54) is 12.1 Å². The number of hydrogen-bond acceptors (Lipinski definition) is 3. The fourth-order valence-electron chi connectivity index (χ4n) is 2.71. The molecule has 0 saturated carbocycles. The van der Waals surface area contributed by atoms with Gasteiger partial charge in [-0.1, -0.05) is 24.3 Å². The zero-order valence-corrected chi connectivity index (χ0v) is 14.0. The zero-order chi connectivity index (χ0) is 18.6. The molecule has 0 aromatic heterocycles. The minimum absolute atomic E-state index is 0.243. The Hall–Kier alpha value is -2.54. The number of carbonyl (C=O) groups excluding carboxylic acids is 1. The SMILES string of the molecule is O=C(NCc1ccc(OCc2cccc(F)c2)cc1)C1CC(F)(F)CN1. The second kappa shape index (κ2) is 7.78. The number of halogens is 3. The summed E-state index contributed by atoms with van der Waals surface area (Å²) in [4.78, 5) is 11.9. The van der Waals surface area contributed by atoms with Crippen LogP contribution in [0.5, 0.6) is 5.75 Å². The van der Waals surface area contributed by atoms with Crippen molar-refractivity contribution in [2.75, 3.05) is 6.54 Å². The molecule has 3 rings (SSSR count). The van der Waals surface area contributed by atoms with E-state index in [4.69, 9.17) is 4.74 Å². The largest absolute Gasteiger partial charge is 0.489 e. The molecule has 2 aromatic carbocycles. The van der Waals surface area contributed by atoms with Crippen LogP contribution in [-0.2, 0) is 17.9 Å². The molecule has 26 heavy (non-hydrogen) atoms. The molecule has 1 heterocycles. The lowest BCUT2D eigenvalue weighted by Gasteiger charge is -2.12. The maximum absolute atomic E-state index is 13.1. The van der Waals surface area contributed by atoms with Gasteiger partial charge in [-0.3, -0.25) is 10.1 Å². The smallest absolute Gasteiger partial charge is 0.262 e. The summed E-state index contributed by atoms with van der Waals surface area (Å²) in [6.07, 6.45) is -0.480. The summed E-state index contributed by atoms with van der Waals surface area (Å²) in [5.74, 6) is -2.97. The molecule has 1 unspecified atom stereocenters. The lowest BCUT2D eigenvalue weighted by atomic mass is 10.1. The topological polar surface area (TPSA) is 50.4 Å². The van der Waals surface area contributed by atoms with E-state index in [0.29, 0.717) is 5.75 Å². The average Bonchev–Trinajstić information content (AvgIpc) is 2.99. The van der Waals surface area contributed by atoms with E-state index in [1.807, 2.05) is 0 Å². The van der Waals surface area contributed by atoms with Crippen LogP contribution in [-0.4, -0.2) is 24.4 Å². The molecule has 1 aliphatic rings. The Balaban J connectivity index is 1.46. The Morgan fingerprint density at radius 2 is 1.96 bits per heavy atom. The molecule has 0 bridgehead atoms. The Labute approximate surface area is 149 Å². The van der Waals surface area contributed by atoms with E-state index in [2.05, 4.69) is 10.6 Å². The molecule has 138 valence electrons. The van der Waals surface area contributed by atoms with E-state index in [0.717, 1.165) is 11.1 Å². The summed E-state index contributed by atoms with van der Waals surface area (Å²) >= 11 is 0. The number of amides is 1. The molecule has 7 heteroatoms. The fourth-order valence-corrected chi connectivity index (χ4v) is 2.71. The Bertz CT molecular complexity index is 766. The van der Waals surface area contributed by atoms with Gasteiger partial charge in [-0.2, -0.15) is 0 Å². The molecule has 0 spiro atoms. The van der Waals surface area contributed by atoms with Gasteiger partial charge in [-0.05, 0) is 35.4 Å². The lowest BCUT2D eigenvalue weighted by molar-refractivity contribution is -0.123. The summed E-state index contributed by atoms with van der Waals surface area (Å²) in [6, 6.07) is 12.3. The highest BCUT2D eigenvalue weighted by atomic mass is 19.3. The Morgan fingerprint density at radius 1 is 1.19 bits per heavy atom. The van der Waals surface area contributed by atoms with Crippen molar-refractivity contribution in [2.24, 2.45) is 0 Å². The van der Waals surface area contributed by atoms with Crippen LogP contribution in [0.15, 0.2) is 48.5 Å². The average molecular weight is 364 g/mol. The molecule has 1 amide bonds. The van der Waals surface area contributed by atoms with Crippen LogP contribution in [0.2, 0.25) is 0 Å². The van der Waals surface area contributed by atoms with Crippen molar-refractivity contribution in [3.8, 4) is 5.75 Å². The predicted molar refractivity (Wildman–Crippen MR) is 90.4 cm³/mol. The van der Waals surface area contributed by atoms with Crippen molar-refractivity contribution in [2.45, 2.75) is 31.5 Å². The van der Waals surface area contributed by atoms with Crippen molar-refractivity contribution >= 4 is 5.91 Å². The summed E-state index contributed by atoms with van der Waals surface area (Å²) < 4.78 is 44.9. The molecule has 2 N–H and O–H groups in total. The standard InChI is InChI=1S/C19H19F3N2O2/c20-15-3-1-2-14(8-15)11-26-16-6-4-13(5-7-16)10-23-18(25)17-9-19(21,22)12-24-17/h1-8,17,24H,9-12H2,(H,23,25). The quantitative estimate of drug-likeness (QED) is 0.829. The number of hydrogen-bond donors (Lipinski definition) is 2. The minimum atomic E-state index is -2.83. The first kappa shape index (κ1) is 18.3. The molecule has 2 aromatic rings. The van der Waals surface area contributed by atoms with Crippen molar-refractivity contribution < 1.29 is 22.7 Å². The van der Waals surface area contributed by atoms with Crippen molar-refractivity contribution in [1.82, 2.24) is 10.6 Å². The van der Waals surface area contributed by atoms with Crippen LogP contribution in [0.4, 0.5) is 13.2 Å². The third-order valence-corrected chi connectivity index (χ3v) is 4.11. The summed E-state index contributed by atoms with van der Waals surface area (Å²) in [7, 11) is 0. The van der Waals surface area contributed by atoms with Gasteiger partial charge in [0, 0.05) is 13.0 Å². The molecule has 1 fully saturated rings. The third-order valence-electron chi connectivity index (χ3n) is 4.11. The number of carbonyl (C=O) groups is 1. The van der Waals surface area contributed by atoms with Crippen molar-refractivity contribution in [3.63, 3.8) is 0 Å². The maximum Gasteiger partial charge on any atom is 0.262 e. The van der Waals surface area contributed by atoms with Crippen molar-refractivity contribution in [3.05, 3.63) is 65.5 Å². The zero-order valence-electron chi connectivity index (χ0n) is 14.0. The molecule has 1 saturated heterocycles. The van der Waals surface area contributed by atoms with Crippen molar-refractivity contribution in [1.29, 1.82) is 0 Å². The Morgan fingerprint density at radius 3 is 2.62 bits per heavy atom. The molecule has 4 nitrogen and oxygen atoms in total. The van der Waals surface area contributed by atoms with Gasteiger partial charge in [0.15, 0.2) is 0 Å². The van der Waals surface area contributed by atoms with Gasteiger partial charge in [0.2, 0.25) is 5.91 Å². The van der Waals surface area contributed by atoms with Gasteiger partial charge in [-0.15, -0.1) is 0 Å². The van der Waals surface area contributed by atoms with Gasteiger partial charge in [0.1, 0.15) is 18.2 Å². The van der Waals surface area contributed by atoms with Gasteiger partial charge in [0.25, 0.3) is 5.92 Å². The first-order valence-corrected chi connectivity index (χ1v) is 8.26. The van der Waals surface area contributed by atoms with Crippen LogP contribution >= 0.6 is 0 Å². The van der Waals surface area contributed by atoms with Gasteiger partial charge < -0.3 is 10.1 Å². The lowest BCUT2D eigenvalue weighted by Crippen LogP contribution is -2.39. The number of ether oxygens (including phenoxy) is 1. The minimum Gasteiger partial charge on any atom is -0.489 e. The molecule has 0 radical (unpaired) electrons. The first-order chi connectivity index (χ1) is 12.4. The normalized spacial score (nSPS) is 18.5. The number of nitrogens with one attached hydrogen (secondary N) is 2. The van der Waals surface area contributed by atoms with Crippen LogP contribution in [0.25, 0.3) is 0 Å². The number of alkyl halides is 2. The van der Waals surface area contributed by atoms with E-state index >= 15 is 0 Å². The predicted octanol–water partition coefficient (Wildman–Crippen LogP) is 3.02. The fraction of sp³-hybridized carbons (Fsp3) is 0.316. The van der Waals surface area contributed by atoms with Gasteiger partial charge in [0.05, 0.1) is 12.6 Å². The monoisotopic (exact) mass is 364 g/mol. The van der Waals surface area contributed by atoms with Crippen LogP contribution in [0.3, 0.4) is 0 Å². The van der Waals surface area contributed by atoms with E-state index in [-0.39, 0.29) is 19.0 Å². The highest BCUT2D eigenvalue weighted by molar-refractivity contribution is 5.82. The first-order valence-electron chi connectivity index (χ1n) is 8.26. The van der Waals surface area contributed by atoms with Gasteiger partial charge in [-0.25, -0.2) is 13.2 Å². The van der Waals surface area contributed by atoms with Crippen LogP contribution < -0.4 is 15.4 Å². The molecule has 0 aliphatic carbocycles. The highest BCUT2D eigenvalue weighted by Gasteiger charge is 2.42. The molecular formula is C19H19F3N2O2. The van der Waals surface area contributed by atoms with Crippen LogP contribution in [0.1, 0.15) is 17.5 Å². The summed E-state index contributed by atoms with van der Waals surface area (Å²) in [6.45, 7) is 0.0185. The second-order valence-corrected chi connectivity index (χ2v) is 6.27. The van der Waals surface area contributed by atoms with E-state index in [1.54, 1.807) is 36.4 Å². The number of benzene rings is 2. The van der Waals surface area contributed by atoms with Gasteiger partial charge >= 0.3 is 0 Å². The second-order valence-electron chi connectivity index (χ2n) is 6.27. The molecule has 1 aliphatic heterocycles. The van der Waals surface area contributed by atoms with E-state index < -0.39 is 30.8 Å². The number of rotatable bonds is 6. The summed E-state index contributed by atoms with van der Waals surface area (Å²) in [5, 5.41) is 5.16. The summed E-state index contributed by atoms with van der Waals surface area (Å²) in [5.41, 5.74) is 1.54. The van der Waals surface area contributed by atoms with E-state index in [9.17, 15) is 18.0 Å². The highest BCUT2D eigenvalue weighted by Crippen LogP contribution is 2.25.